The summed E-state index contributed by atoms with van der Waals surface area (Å²) >= 11 is 0. The summed E-state index contributed by atoms with van der Waals surface area (Å²) in [4.78, 5) is 12.1. The van der Waals surface area contributed by atoms with Gasteiger partial charge in [-0.15, -0.1) is 0 Å². The summed E-state index contributed by atoms with van der Waals surface area (Å²) in [5.41, 5.74) is 2.49. The Labute approximate surface area is 149 Å². The number of sulfonamides is 1. The number of hydrogen-bond acceptors (Lipinski definition) is 4. The van der Waals surface area contributed by atoms with E-state index >= 15 is 0 Å². The molecule has 0 heterocycles. The molecule has 0 radical (unpaired) electrons. The summed E-state index contributed by atoms with van der Waals surface area (Å²) in [7, 11) is -3.87. The molecule has 25 heavy (non-hydrogen) atoms. The van der Waals surface area contributed by atoms with Gasteiger partial charge in [0, 0.05) is 0 Å². The van der Waals surface area contributed by atoms with Crippen molar-refractivity contribution < 1.29 is 17.9 Å². The molecule has 5 nitrogen and oxygen atoms in total. The first-order valence-electron chi connectivity index (χ1n) is 8.22. The van der Waals surface area contributed by atoms with Gasteiger partial charge in [-0.1, -0.05) is 36.8 Å². The second-order valence-electron chi connectivity index (χ2n) is 5.65. The third kappa shape index (κ3) is 4.60. The van der Waals surface area contributed by atoms with Crippen molar-refractivity contribution in [2.75, 3.05) is 17.5 Å². The highest BCUT2D eigenvalue weighted by Gasteiger charge is 2.27. The predicted octanol–water partition coefficient (Wildman–Crippen LogP) is 3.32. The van der Waals surface area contributed by atoms with Crippen LogP contribution in [0.5, 0.6) is 0 Å². The summed E-state index contributed by atoms with van der Waals surface area (Å²) < 4.78 is 32.1. The molecule has 0 atom stereocenters. The van der Waals surface area contributed by atoms with E-state index in [4.69, 9.17) is 4.74 Å². The zero-order valence-corrected chi connectivity index (χ0v) is 15.5. The summed E-state index contributed by atoms with van der Waals surface area (Å²) in [6.07, 6.45) is 0.850. The third-order valence-electron chi connectivity index (χ3n) is 3.82. The van der Waals surface area contributed by atoms with Crippen LogP contribution in [0.3, 0.4) is 0 Å². The zero-order valence-electron chi connectivity index (χ0n) is 14.7. The highest BCUT2D eigenvalue weighted by molar-refractivity contribution is 7.92. The van der Waals surface area contributed by atoms with Crippen LogP contribution in [0.1, 0.15) is 25.0 Å². The van der Waals surface area contributed by atoms with Crippen LogP contribution in [-0.4, -0.2) is 27.5 Å². The molecular formula is C19H23NO4S. The molecule has 2 rings (SSSR count). The average Bonchev–Trinajstić information content (AvgIpc) is 2.60. The lowest BCUT2D eigenvalue weighted by molar-refractivity contribution is -0.141. The van der Waals surface area contributed by atoms with Crippen molar-refractivity contribution in [1.29, 1.82) is 0 Å². The molecule has 0 fully saturated rings. The summed E-state index contributed by atoms with van der Waals surface area (Å²) in [5, 5.41) is 0. The number of ether oxygens (including phenoxy) is 1. The Morgan fingerprint density at radius 3 is 2.12 bits per heavy atom. The van der Waals surface area contributed by atoms with E-state index in [9.17, 15) is 13.2 Å². The van der Waals surface area contributed by atoms with Gasteiger partial charge in [0.2, 0.25) is 0 Å². The van der Waals surface area contributed by atoms with Gasteiger partial charge >= 0.3 is 5.97 Å². The van der Waals surface area contributed by atoms with Crippen LogP contribution in [-0.2, 0) is 26.0 Å². The summed E-state index contributed by atoms with van der Waals surface area (Å²) in [6.45, 7) is 5.43. The van der Waals surface area contributed by atoms with Crippen molar-refractivity contribution >= 4 is 21.7 Å². The Morgan fingerprint density at radius 1 is 1.00 bits per heavy atom. The molecule has 0 amide bonds. The number of aryl methyl sites for hydroxylation is 2. The first kappa shape index (κ1) is 19.0. The van der Waals surface area contributed by atoms with Crippen LogP contribution in [0.2, 0.25) is 0 Å². The van der Waals surface area contributed by atoms with E-state index in [1.807, 2.05) is 26.0 Å². The van der Waals surface area contributed by atoms with Crippen LogP contribution in [0.15, 0.2) is 53.4 Å². The normalized spacial score (nSPS) is 11.2. The Kier molecular flexibility index (Phi) is 6.20. The van der Waals surface area contributed by atoms with E-state index in [1.54, 1.807) is 43.3 Å². The van der Waals surface area contributed by atoms with Crippen molar-refractivity contribution in [1.82, 2.24) is 0 Å². The van der Waals surface area contributed by atoms with Crippen molar-refractivity contribution in [2.45, 2.75) is 32.1 Å². The topological polar surface area (TPSA) is 63.7 Å². The van der Waals surface area contributed by atoms with Crippen molar-refractivity contribution in [3.63, 3.8) is 0 Å². The van der Waals surface area contributed by atoms with E-state index in [0.29, 0.717) is 5.69 Å². The van der Waals surface area contributed by atoms with Gasteiger partial charge in [-0.2, -0.15) is 0 Å². The van der Waals surface area contributed by atoms with Gasteiger partial charge in [-0.3, -0.25) is 9.10 Å². The predicted molar refractivity (Wildman–Crippen MR) is 98.2 cm³/mol. The highest BCUT2D eigenvalue weighted by atomic mass is 32.2. The molecule has 0 spiro atoms. The largest absolute Gasteiger partial charge is 0.465 e. The standard InChI is InChI=1S/C19H23NO4S/c1-4-16-8-10-17(11-9-16)20(14-19(21)24-5-2)25(22,23)18-12-6-15(3)7-13-18/h6-13H,4-5,14H2,1-3H3. The second kappa shape index (κ2) is 8.16. The number of rotatable bonds is 7. The maximum Gasteiger partial charge on any atom is 0.326 e. The molecular weight excluding hydrogens is 338 g/mol. The fourth-order valence-corrected chi connectivity index (χ4v) is 3.78. The van der Waals surface area contributed by atoms with Gasteiger partial charge in [0.1, 0.15) is 6.54 Å². The second-order valence-corrected chi connectivity index (χ2v) is 7.51. The van der Waals surface area contributed by atoms with Gasteiger partial charge in [-0.25, -0.2) is 8.42 Å². The van der Waals surface area contributed by atoms with Gasteiger partial charge in [0.15, 0.2) is 0 Å². The SMILES string of the molecule is CCOC(=O)CN(c1ccc(CC)cc1)S(=O)(=O)c1ccc(C)cc1. The molecule has 2 aromatic carbocycles. The molecule has 0 aliphatic heterocycles. The van der Waals surface area contributed by atoms with Crippen LogP contribution in [0.4, 0.5) is 5.69 Å². The minimum Gasteiger partial charge on any atom is -0.465 e. The first-order valence-corrected chi connectivity index (χ1v) is 9.66. The fraction of sp³-hybridized carbons (Fsp3) is 0.316. The molecule has 0 aliphatic rings. The van der Waals surface area contributed by atoms with E-state index in [2.05, 4.69) is 0 Å². The lowest BCUT2D eigenvalue weighted by Crippen LogP contribution is -2.36. The minimum atomic E-state index is -3.87. The van der Waals surface area contributed by atoms with E-state index in [-0.39, 0.29) is 18.0 Å². The molecule has 0 aliphatic carbocycles. The number of nitrogens with zero attached hydrogens (tertiary/aromatic N) is 1. The Hall–Kier alpha value is -2.34. The van der Waals surface area contributed by atoms with Crippen molar-refractivity contribution in [2.24, 2.45) is 0 Å². The first-order chi connectivity index (χ1) is 11.9. The molecule has 134 valence electrons. The van der Waals surface area contributed by atoms with Gasteiger partial charge in [0.05, 0.1) is 17.2 Å². The molecule has 0 bridgehead atoms. The quantitative estimate of drug-likeness (QED) is 0.710. The molecule has 0 aromatic heterocycles. The average molecular weight is 361 g/mol. The number of benzene rings is 2. The fourth-order valence-electron chi connectivity index (χ4n) is 2.37. The lowest BCUT2D eigenvalue weighted by atomic mass is 10.1. The lowest BCUT2D eigenvalue weighted by Gasteiger charge is -2.24. The molecule has 6 heteroatoms. The van der Waals surface area contributed by atoms with E-state index in [0.717, 1.165) is 21.9 Å². The van der Waals surface area contributed by atoms with Crippen molar-refractivity contribution in [3.05, 3.63) is 59.7 Å². The molecule has 2 aromatic rings. The minimum absolute atomic E-state index is 0.141. The number of carbonyl (C=O) groups excluding carboxylic acids is 1. The van der Waals surface area contributed by atoms with Crippen LogP contribution >= 0.6 is 0 Å². The molecule has 0 saturated carbocycles. The highest BCUT2D eigenvalue weighted by Crippen LogP contribution is 2.24. The third-order valence-corrected chi connectivity index (χ3v) is 5.61. The van der Waals surface area contributed by atoms with Gasteiger partial charge in [0.25, 0.3) is 10.0 Å². The Balaban J connectivity index is 2.45. The van der Waals surface area contributed by atoms with Gasteiger partial charge in [-0.05, 0) is 50.1 Å². The number of carbonyl (C=O) groups is 1. The Bertz CT molecular complexity index is 812. The van der Waals surface area contributed by atoms with Gasteiger partial charge < -0.3 is 4.74 Å². The Morgan fingerprint density at radius 2 is 1.60 bits per heavy atom. The maximum absolute atomic E-state index is 13.1. The van der Waals surface area contributed by atoms with Crippen LogP contribution < -0.4 is 4.31 Å². The van der Waals surface area contributed by atoms with Crippen LogP contribution in [0.25, 0.3) is 0 Å². The van der Waals surface area contributed by atoms with E-state index in [1.165, 1.54) is 0 Å². The summed E-state index contributed by atoms with van der Waals surface area (Å²) in [6, 6.07) is 13.7. The molecule has 0 unspecified atom stereocenters. The number of esters is 1. The van der Waals surface area contributed by atoms with E-state index < -0.39 is 16.0 Å². The molecule has 0 N–H and O–H groups in total. The smallest absolute Gasteiger partial charge is 0.326 e. The maximum atomic E-state index is 13.1. The monoisotopic (exact) mass is 361 g/mol. The number of anilines is 1. The molecule has 0 saturated heterocycles. The zero-order chi connectivity index (χ0) is 18.4. The number of hydrogen-bond donors (Lipinski definition) is 0. The summed E-state index contributed by atoms with van der Waals surface area (Å²) in [5.74, 6) is -0.585. The van der Waals surface area contributed by atoms with Crippen LogP contribution in [0, 0.1) is 6.92 Å². The van der Waals surface area contributed by atoms with Crippen molar-refractivity contribution in [3.8, 4) is 0 Å².